The number of carbonyl (C=O) groups excluding carboxylic acids is 1. The van der Waals surface area contributed by atoms with Crippen LogP contribution in [0.5, 0.6) is 0 Å². The maximum atomic E-state index is 12.0. The van der Waals surface area contributed by atoms with Crippen molar-refractivity contribution < 1.29 is 14.7 Å². The van der Waals surface area contributed by atoms with E-state index in [1.165, 1.54) is 0 Å². The first-order valence-electron chi connectivity index (χ1n) is 5.99. The number of amides is 1. The number of aliphatic carboxylic acids is 1. The summed E-state index contributed by atoms with van der Waals surface area (Å²) in [4.78, 5) is 24.5. The summed E-state index contributed by atoms with van der Waals surface area (Å²) in [7, 11) is 0. The van der Waals surface area contributed by atoms with Crippen LogP contribution in [-0.2, 0) is 9.59 Å². The predicted molar refractivity (Wildman–Crippen MR) is 66.1 cm³/mol. The second kappa shape index (κ2) is 5.73. The SMILES string of the molecule is O=C(O)CC1CSCCN1C(=O)CNC1CC1. The van der Waals surface area contributed by atoms with Gasteiger partial charge < -0.3 is 15.3 Å². The molecule has 1 heterocycles. The van der Waals surface area contributed by atoms with E-state index in [-0.39, 0.29) is 18.4 Å². The molecule has 17 heavy (non-hydrogen) atoms. The van der Waals surface area contributed by atoms with Gasteiger partial charge >= 0.3 is 5.97 Å². The van der Waals surface area contributed by atoms with E-state index in [4.69, 9.17) is 5.11 Å². The zero-order valence-electron chi connectivity index (χ0n) is 9.72. The Morgan fingerprint density at radius 3 is 2.82 bits per heavy atom. The zero-order chi connectivity index (χ0) is 12.3. The average Bonchev–Trinajstić information content (AvgIpc) is 3.09. The Kier molecular flexibility index (Phi) is 4.28. The lowest BCUT2D eigenvalue weighted by Gasteiger charge is -2.34. The smallest absolute Gasteiger partial charge is 0.305 e. The highest BCUT2D eigenvalue weighted by Crippen LogP contribution is 2.20. The van der Waals surface area contributed by atoms with E-state index < -0.39 is 5.97 Å². The summed E-state index contributed by atoms with van der Waals surface area (Å²) in [6.45, 7) is 1.03. The molecule has 0 aromatic rings. The largest absolute Gasteiger partial charge is 0.481 e. The molecule has 1 saturated carbocycles. The minimum absolute atomic E-state index is 0.0449. The molecular formula is C11H18N2O3S. The number of thioether (sulfide) groups is 1. The molecule has 1 atom stereocenters. The van der Waals surface area contributed by atoms with Crippen molar-refractivity contribution in [3.63, 3.8) is 0 Å². The van der Waals surface area contributed by atoms with Crippen molar-refractivity contribution in [2.75, 3.05) is 24.6 Å². The van der Waals surface area contributed by atoms with Gasteiger partial charge in [0, 0.05) is 24.1 Å². The number of hydrogen-bond acceptors (Lipinski definition) is 4. The summed E-state index contributed by atoms with van der Waals surface area (Å²) >= 11 is 1.73. The van der Waals surface area contributed by atoms with Gasteiger partial charge in [-0.25, -0.2) is 0 Å². The summed E-state index contributed by atoms with van der Waals surface area (Å²) in [6, 6.07) is 0.371. The standard InChI is InChI=1S/C11H18N2O3S/c14-10(6-12-8-1-2-8)13-3-4-17-7-9(13)5-11(15)16/h8-9,12H,1-7H2,(H,15,16). The fraction of sp³-hybridized carbons (Fsp3) is 0.818. The van der Waals surface area contributed by atoms with Crippen LogP contribution >= 0.6 is 11.8 Å². The minimum atomic E-state index is -0.828. The lowest BCUT2D eigenvalue weighted by atomic mass is 10.2. The van der Waals surface area contributed by atoms with Crippen molar-refractivity contribution in [2.24, 2.45) is 0 Å². The van der Waals surface area contributed by atoms with E-state index >= 15 is 0 Å². The molecule has 2 fully saturated rings. The van der Waals surface area contributed by atoms with Crippen LogP contribution in [0.15, 0.2) is 0 Å². The van der Waals surface area contributed by atoms with Crippen molar-refractivity contribution >= 4 is 23.6 Å². The summed E-state index contributed by atoms with van der Waals surface area (Å²) in [5.74, 6) is 0.862. The van der Waals surface area contributed by atoms with Gasteiger partial charge in [-0.3, -0.25) is 9.59 Å². The Bertz CT molecular complexity index is 307. The Balaban J connectivity index is 1.84. The predicted octanol–water partition coefficient (Wildman–Crippen LogP) is 0.157. The van der Waals surface area contributed by atoms with Gasteiger partial charge in [0.1, 0.15) is 0 Å². The molecular weight excluding hydrogens is 240 g/mol. The highest BCUT2D eigenvalue weighted by atomic mass is 32.2. The van der Waals surface area contributed by atoms with E-state index in [1.807, 2.05) is 0 Å². The number of carbonyl (C=O) groups is 2. The fourth-order valence-electron chi connectivity index (χ4n) is 1.97. The summed E-state index contributed by atoms with van der Waals surface area (Å²) in [6.07, 6.45) is 2.37. The van der Waals surface area contributed by atoms with Gasteiger partial charge in [-0.15, -0.1) is 0 Å². The second-order valence-corrected chi connectivity index (χ2v) is 5.72. The number of rotatable bonds is 5. The molecule has 2 N–H and O–H groups in total. The summed E-state index contributed by atoms with van der Waals surface area (Å²) in [5.41, 5.74) is 0. The number of nitrogens with zero attached hydrogens (tertiary/aromatic N) is 1. The molecule has 1 saturated heterocycles. The molecule has 5 nitrogen and oxygen atoms in total. The molecule has 0 radical (unpaired) electrons. The quantitative estimate of drug-likeness (QED) is 0.735. The van der Waals surface area contributed by atoms with E-state index in [1.54, 1.807) is 16.7 Å². The van der Waals surface area contributed by atoms with Crippen LogP contribution in [0.2, 0.25) is 0 Å². The van der Waals surface area contributed by atoms with Crippen LogP contribution < -0.4 is 5.32 Å². The summed E-state index contributed by atoms with van der Waals surface area (Å²) in [5, 5.41) is 12.0. The third kappa shape index (κ3) is 3.89. The first-order valence-corrected chi connectivity index (χ1v) is 7.14. The number of hydrogen-bond donors (Lipinski definition) is 2. The number of nitrogens with one attached hydrogen (secondary N) is 1. The van der Waals surface area contributed by atoms with Crippen LogP contribution in [0.3, 0.4) is 0 Å². The second-order valence-electron chi connectivity index (χ2n) is 4.57. The van der Waals surface area contributed by atoms with Crippen molar-refractivity contribution in [1.29, 1.82) is 0 Å². The average molecular weight is 258 g/mol. The van der Waals surface area contributed by atoms with Crippen molar-refractivity contribution in [2.45, 2.75) is 31.3 Å². The van der Waals surface area contributed by atoms with Crippen molar-refractivity contribution in [3.05, 3.63) is 0 Å². The van der Waals surface area contributed by atoms with Crippen LogP contribution in [0.25, 0.3) is 0 Å². The number of carboxylic acid groups (broad SMARTS) is 1. The lowest BCUT2D eigenvalue weighted by Crippen LogP contribution is -2.50. The van der Waals surface area contributed by atoms with Gasteiger partial charge in [0.15, 0.2) is 0 Å². The molecule has 2 aliphatic rings. The van der Waals surface area contributed by atoms with Crippen molar-refractivity contribution in [1.82, 2.24) is 10.2 Å². The summed E-state index contributed by atoms with van der Waals surface area (Å²) < 4.78 is 0. The first kappa shape index (κ1) is 12.7. The number of carboxylic acids is 1. The maximum absolute atomic E-state index is 12.0. The van der Waals surface area contributed by atoms with Crippen molar-refractivity contribution in [3.8, 4) is 0 Å². The van der Waals surface area contributed by atoms with Gasteiger partial charge in [0.05, 0.1) is 19.0 Å². The molecule has 1 aliphatic carbocycles. The lowest BCUT2D eigenvalue weighted by molar-refractivity contribution is -0.140. The Labute approximate surface area is 105 Å². The fourth-order valence-corrected chi connectivity index (χ4v) is 3.04. The van der Waals surface area contributed by atoms with Crippen LogP contribution in [0, 0.1) is 0 Å². The molecule has 1 aliphatic heterocycles. The van der Waals surface area contributed by atoms with E-state index in [0.29, 0.717) is 19.1 Å². The van der Waals surface area contributed by atoms with E-state index in [0.717, 1.165) is 24.3 Å². The van der Waals surface area contributed by atoms with Gasteiger partial charge in [-0.2, -0.15) is 11.8 Å². The molecule has 0 aromatic heterocycles. The Hall–Kier alpha value is -0.750. The third-order valence-electron chi connectivity index (χ3n) is 3.08. The third-order valence-corrected chi connectivity index (χ3v) is 4.17. The molecule has 0 aromatic carbocycles. The highest BCUT2D eigenvalue weighted by Gasteiger charge is 2.29. The molecule has 1 unspecified atom stereocenters. The molecule has 2 rings (SSSR count). The highest BCUT2D eigenvalue weighted by molar-refractivity contribution is 7.99. The van der Waals surface area contributed by atoms with Crippen LogP contribution in [0.1, 0.15) is 19.3 Å². The Morgan fingerprint density at radius 2 is 2.18 bits per heavy atom. The van der Waals surface area contributed by atoms with E-state index in [2.05, 4.69) is 5.32 Å². The Morgan fingerprint density at radius 1 is 1.41 bits per heavy atom. The van der Waals surface area contributed by atoms with Gasteiger partial charge in [-0.1, -0.05) is 0 Å². The minimum Gasteiger partial charge on any atom is -0.481 e. The maximum Gasteiger partial charge on any atom is 0.305 e. The normalized spacial score (nSPS) is 24.7. The molecule has 1 amide bonds. The van der Waals surface area contributed by atoms with Gasteiger partial charge in [0.2, 0.25) is 5.91 Å². The van der Waals surface area contributed by atoms with Gasteiger partial charge in [0.25, 0.3) is 0 Å². The molecule has 6 heteroatoms. The monoisotopic (exact) mass is 258 g/mol. The molecule has 96 valence electrons. The van der Waals surface area contributed by atoms with Crippen LogP contribution in [0.4, 0.5) is 0 Å². The van der Waals surface area contributed by atoms with Gasteiger partial charge in [-0.05, 0) is 12.8 Å². The van der Waals surface area contributed by atoms with E-state index in [9.17, 15) is 9.59 Å². The van der Waals surface area contributed by atoms with Crippen LogP contribution in [-0.4, -0.2) is 58.6 Å². The topological polar surface area (TPSA) is 69.6 Å². The molecule has 0 bridgehead atoms. The first-order chi connectivity index (χ1) is 8.16. The zero-order valence-corrected chi connectivity index (χ0v) is 10.5. The molecule has 0 spiro atoms.